The van der Waals surface area contributed by atoms with Gasteiger partial charge >= 0.3 is 0 Å². The molecule has 1 heterocycles. The summed E-state index contributed by atoms with van der Waals surface area (Å²) < 4.78 is 6.57. The van der Waals surface area contributed by atoms with Crippen LogP contribution in [0.15, 0.2) is 12.2 Å². The van der Waals surface area contributed by atoms with Crippen molar-refractivity contribution in [2.75, 3.05) is 27.7 Å². The standard InChI is InChI=1S/C9H18NO/c1-8-5-6-9(11-8)7-10(2,3)4/h5-6,8-9H,7H2,1-4H3/q+1/t8-,9-/m0/s1. The second kappa shape index (κ2) is 2.95. The lowest BCUT2D eigenvalue weighted by Gasteiger charge is -2.26. The molecule has 0 spiro atoms. The first-order chi connectivity index (χ1) is 4.97. The van der Waals surface area contributed by atoms with Crippen LogP contribution in [0.2, 0.25) is 0 Å². The number of ether oxygens (including phenoxy) is 1. The highest BCUT2D eigenvalue weighted by molar-refractivity contribution is 5.00. The molecular weight excluding hydrogens is 138 g/mol. The molecule has 1 rings (SSSR count). The molecule has 0 bridgehead atoms. The van der Waals surface area contributed by atoms with E-state index in [0.717, 1.165) is 11.0 Å². The first kappa shape index (κ1) is 8.75. The van der Waals surface area contributed by atoms with E-state index in [-0.39, 0.29) is 0 Å². The minimum absolute atomic E-state index is 0.312. The molecule has 1 aliphatic heterocycles. The van der Waals surface area contributed by atoms with E-state index in [1.54, 1.807) is 0 Å². The fourth-order valence-corrected chi connectivity index (χ4v) is 1.29. The summed E-state index contributed by atoms with van der Waals surface area (Å²) in [4.78, 5) is 0. The maximum Gasteiger partial charge on any atom is 0.125 e. The van der Waals surface area contributed by atoms with Gasteiger partial charge in [0.25, 0.3) is 0 Å². The second-order valence-electron chi connectivity index (χ2n) is 4.24. The average Bonchev–Trinajstić information content (AvgIpc) is 2.10. The number of nitrogens with zero attached hydrogens (tertiary/aromatic N) is 1. The highest BCUT2D eigenvalue weighted by Crippen LogP contribution is 2.12. The molecule has 1 aliphatic rings. The first-order valence-corrected chi connectivity index (χ1v) is 4.11. The van der Waals surface area contributed by atoms with Crippen LogP contribution in [-0.2, 0) is 4.74 Å². The third-order valence-electron chi connectivity index (χ3n) is 1.71. The topological polar surface area (TPSA) is 9.23 Å². The Bertz CT molecular complexity index is 157. The normalized spacial score (nSPS) is 31.3. The van der Waals surface area contributed by atoms with E-state index >= 15 is 0 Å². The molecule has 0 aromatic rings. The minimum atomic E-state index is 0.312. The molecule has 0 amide bonds. The molecule has 0 unspecified atom stereocenters. The van der Waals surface area contributed by atoms with Gasteiger partial charge in [0.15, 0.2) is 0 Å². The van der Waals surface area contributed by atoms with Crippen LogP contribution in [0.5, 0.6) is 0 Å². The van der Waals surface area contributed by atoms with Gasteiger partial charge in [-0.05, 0) is 6.92 Å². The fraction of sp³-hybridized carbons (Fsp3) is 0.778. The number of hydrogen-bond donors (Lipinski definition) is 0. The monoisotopic (exact) mass is 156 g/mol. The van der Waals surface area contributed by atoms with E-state index in [1.165, 1.54) is 0 Å². The Morgan fingerprint density at radius 3 is 2.27 bits per heavy atom. The molecule has 11 heavy (non-hydrogen) atoms. The minimum Gasteiger partial charge on any atom is -0.361 e. The van der Waals surface area contributed by atoms with E-state index in [4.69, 9.17) is 4.74 Å². The number of hydrogen-bond acceptors (Lipinski definition) is 1. The molecule has 0 aliphatic carbocycles. The zero-order valence-corrected chi connectivity index (χ0v) is 7.87. The fourth-order valence-electron chi connectivity index (χ4n) is 1.29. The van der Waals surface area contributed by atoms with Crippen LogP contribution >= 0.6 is 0 Å². The third-order valence-corrected chi connectivity index (χ3v) is 1.71. The largest absolute Gasteiger partial charge is 0.361 e. The summed E-state index contributed by atoms with van der Waals surface area (Å²) in [6.45, 7) is 3.13. The molecule has 64 valence electrons. The summed E-state index contributed by atoms with van der Waals surface area (Å²) in [5.41, 5.74) is 0. The number of likely N-dealkylation sites (N-methyl/N-ethyl adjacent to an activating group) is 1. The molecule has 2 atom stereocenters. The molecule has 2 nitrogen and oxygen atoms in total. The Morgan fingerprint density at radius 2 is 1.91 bits per heavy atom. The van der Waals surface area contributed by atoms with Crippen molar-refractivity contribution in [3.05, 3.63) is 12.2 Å². The summed E-state index contributed by atoms with van der Waals surface area (Å²) >= 11 is 0. The Labute approximate surface area is 69.0 Å². The van der Waals surface area contributed by atoms with Crippen LogP contribution in [0.25, 0.3) is 0 Å². The van der Waals surface area contributed by atoms with Gasteiger partial charge in [0, 0.05) is 0 Å². The van der Waals surface area contributed by atoms with Gasteiger partial charge < -0.3 is 9.22 Å². The zero-order chi connectivity index (χ0) is 8.48. The van der Waals surface area contributed by atoms with Crippen LogP contribution in [-0.4, -0.2) is 44.4 Å². The quantitative estimate of drug-likeness (QED) is 0.429. The van der Waals surface area contributed by atoms with Crippen LogP contribution in [0.1, 0.15) is 6.92 Å². The summed E-state index contributed by atoms with van der Waals surface area (Å²) in [7, 11) is 6.54. The van der Waals surface area contributed by atoms with Gasteiger partial charge in [-0.15, -0.1) is 0 Å². The predicted molar refractivity (Wildman–Crippen MR) is 46.4 cm³/mol. The van der Waals surface area contributed by atoms with E-state index < -0.39 is 0 Å². The Balaban J connectivity index is 2.36. The van der Waals surface area contributed by atoms with Gasteiger partial charge in [-0.2, -0.15) is 0 Å². The lowest BCUT2D eigenvalue weighted by atomic mass is 10.3. The van der Waals surface area contributed by atoms with Crippen LogP contribution in [0.4, 0.5) is 0 Å². The van der Waals surface area contributed by atoms with Crippen molar-refractivity contribution in [3.63, 3.8) is 0 Å². The zero-order valence-electron chi connectivity index (χ0n) is 7.87. The molecule has 0 fully saturated rings. The molecule has 0 radical (unpaired) electrons. The highest BCUT2D eigenvalue weighted by Gasteiger charge is 2.21. The molecule has 0 N–H and O–H groups in total. The Kier molecular flexibility index (Phi) is 2.35. The lowest BCUT2D eigenvalue weighted by Crippen LogP contribution is -2.41. The molecule has 0 aromatic carbocycles. The summed E-state index contributed by atoms with van der Waals surface area (Å²) in [5.74, 6) is 0. The van der Waals surface area contributed by atoms with Crippen LogP contribution < -0.4 is 0 Å². The van der Waals surface area contributed by atoms with Crippen LogP contribution in [0, 0.1) is 0 Å². The first-order valence-electron chi connectivity index (χ1n) is 4.11. The smallest absolute Gasteiger partial charge is 0.125 e. The van der Waals surface area contributed by atoms with E-state index in [1.807, 2.05) is 0 Å². The van der Waals surface area contributed by atoms with E-state index in [0.29, 0.717) is 12.2 Å². The van der Waals surface area contributed by atoms with Crippen molar-refractivity contribution in [2.45, 2.75) is 19.1 Å². The number of quaternary nitrogens is 1. The Morgan fingerprint density at radius 1 is 1.27 bits per heavy atom. The predicted octanol–water partition coefficient (Wildman–Crippen LogP) is 1.04. The molecule has 0 saturated heterocycles. The van der Waals surface area contributed by atoms with Crippen molar-refractivity contribution in [2.24, 2.45) is 0 Å². The molecule has 2 heteroatoms. The van der Waals surface area contributed by atoms with Gasteiger partial charge in [-0.3, -0.25) is 0 Å². The van der Waals surface area contributed by atoms with Crippen molar-refractivity contribution < 1.29 is 9.22 Å². The Hall–Kier alpha value is -0.340. The maximum absolute atomic E-state index is 5.61. The van der Waals surface area contributed by atoms with Gasteiger partial charge in [-0.1, -0.05) is 12.2 Å². The van der Waals surface area contributed by atoms with E-state index in [9.17, 15) is 0 Å². The average molecular weight is 156 g/mol. The van der Waals surface area contributed by atoms with Gasteiger partial charge in [0.05, 0.1) is 27.2 Å². The third kappa shape index (κ3) is 3.04. The van der Waals surface area contributed by atoms with Crippen LogP contribution in [0.3, 0.4) is 0 Å². The molecule has 0 saturated carbocycles. The second-order valence-corrected chi connectivity index (χ2v) is 4.24. The van der Waals surface area contributed by atoms with Gasteiger partial charge in [0.2, 0.25) is 0 Å². The van der Waals surface area contributed by atoms with E-state index in [2.05, 4.69) is 40.2 Å². The van der Waals surface area contributed by atoms with Gasteiger partial charge in [0.1, 0.15) is 12.6 Å². The SMILES string of the molecule is C[C@H]1C=C[C@@H](C[N+](C)(C)C)O1. The van der Waals surface area contributed by atoms with Crippen molar-refractivity contribution in [3.8, 4) is 0 Å². The maximum atomic E-state index is 5.61. The molecular formula is C9H18NO+. The molecule has 0 aromatic heterocycles. The summed E-state index contributed by atoms with van der Waals surface area (Å²) in [6, 6.07) is 0. The summed E-state index contributed by atoms with van der Waals surface area (Å²) in [6.07, 6.45) is 4.92. The summed E-state index contributed by atoms with van der Waals surface area (Å²) in [5, 5.41) is 0. The van der Waals surface area contributed by atoms with Crippen molar-refractivity contribution in [1.29, 1.82) is 0 Å². The highest BCUT2D eigenvalue weighted by atomic mass is 16.5. The van der Waals surface area contributed by atoms with Gasteiger partial charge in [-0.25, -0.2) is 0 Å². The number of rotatable bonds is 2. The lowest BCUT2D eigenvalue weighted by molar-refractivity contribution is -0.872. The van der Waals surface area contributed by atoms with Crippen molar-refractivity contribution in [1.82, 2.24) is 0 Å². The van der Waals surface area contributed by atoms with Crippen molar-refractivity contribution >= 4 is 0 Å².